The molecule has 0 aliphatic carbocycles. The van der Waals surface area contributed by atoms with E-state index in [9.17, 15) is 24.0 Å². The van der Waals surface area contributed by atoms with Gasteiger partial charge in [0, 0.05) is 31.6 Å². The van der Waals surface area contributed by atoms with Crippen LogP contribution in [0.4, 0.5) is 10.5 Å². The summed E-state index contributed by atoms with van der Waals surface area (Å²) in [5.41, 5.74) is 17.1. The van der Waals surface area contributed by atoms with E-state index in [2.05, 4.69) is 34.1 Å². The van der Waals surface area contributed by atoms with Gasteiger partial charge in [-0.05, 0) is 44.0 Å². The van der Waals surface area contributed by atoms with E-state index in [1.807, 2.05) is 0 Å². The summed E-state index contributed by atoms with van der Waals surface area (Å²) in [4.78, 5) is 59.3. The number of amides is 6. The predicted octanol–water partition coefficient (Wildman–Crippen LogP) is -2.05. The van der Waals surface area contributed by atoms with Crippen LogP contribution in [-0.4, -0.2) is 83.9 Å². The number of anilines is 1. The topological polar surface area (TPSA) is 235 Å². The molecule has 0 heterocycles. The molecular weight excluding hydrogens is 516 g/mol. The molecule has 3 unspecified atom stereocenters. The first-order valence-electron chi connectivity index (χ1n) is 12.0. The molecule has 0 radical (unpaired) electrons. The van der Waals surface area contributed by atoms with Crippen LogP contribution in [-0.2, 0) is 25.6 Å². The van der Waals surface area contributed by atoms with Gasteiger partial charge in [0.05, 0.1) is 12.6 Å². The summed E-state index contributed by atoms with van der Waals surface area (Å²) in [7, 11) is 1.58. The molecule has 11 N–H and O–H groups in total. The number of nitrogens with one attached hydrogen (secondary N) is 4. The molecule has 38 heavy (non-hydrogen) atoms. The third-order valence-electron chi connectivity index (χ3n) is 5.48. The van der Waals surface area contributed by atoms with Crippen molar-refractivity contribution in [2.75, 3.05) is 32.1 Å². The van der Waals surface area contributed by atoms with Crippen molar-refractivity contribution in [3.05, 3.63) is 29.8 Å². The van der Waals surface area contributed by atoms with E-state index in [-0.39, 0.29) is 25.2 Å². The zero-order chi connectivity index (χ0) is 28.7. The van der Waals surface area contributed by atoms with Crippen molar-refractivity contribution < 1.29 is 29.1 Å². The smallest absolute Gasteiger partial charge is 0.316 e. The molecule has 212 valence electrons. The van der Waals surface area contributed by atoms with Crippen molar-refractivity contribution in [2.24, 2.45) is 17.2 Å². The SMILES string of the molecule is CN(S)C(CCC(=O)NCCCCNC(=O)C(Cc1ccc(NC(N)=O)cc1)NC(=O)C(N)CO)C(N)=O. The lowest BCUT2D eigenvalue weighted by molar-refractivity contribution is -0.130. The van der Waals surface area contributed by atoms with Crippen molar-refractivity contribution in [1.29, 1.82) is 0 Å². The molecule has 0 bridgehead atoms. The lowest BCUT2D eigenvalue weighted by atomic mass is 10.0. The molecule has 0 aliphatic heterocycles. The molecule has 1 aromatic rings. The molecule has 0 spiro atoms. The lowest BCUT2D eigenvalue weighted by Crippen LogP contribution is -2.53. The highest BCUT2D eigenvalue weighted by molar-refractivity contribution is 7.77. The molecule has 3 atom stereocenters. The van der Waals surface area contributed by atoms with Gasteiger partial charge in [-0.1, -0.05) is 24.9 Å². The number of aliphatic hydroxyl groups excluding tert-OH is 1. The van der Waals surface area contributed by atoms with Crippen LogP contribution in [0.3, 0.4) is 0 Å². The molecule has 1 aromatic carbocycles. The average Bonchev–Trinajstić information content (AvgIpc) is 2.85. The van der Waals surface area contributed by atoms with Crippen LogP contribution in [0.2, 0.25) is 0 Å². The highest BCUT2D eigenvalue weighted by Gasteiger charge is 2.24. The van der Waals surface area contributed by atoms with E-state index < -0.39 is 48.5 Å². The van der Waals surface area contributed by atoms with Crippen LogP contribution in [0.1, 0.15) is 31.2 Å². The minimum atomic E-state index is -1.18. The minimum absolute atomic E-state index is 0.117. The standard InChI is InChI=1S/C23H38N8O6S/c1-31(38)18(20(25)34)8-9-19(33)27-10-2-3-11-28-22(36)17(30-21(35)16(24)13-32)12-14-4-6-15(7-5-14)29-23(26)37/h4-7,16-18,32,38H,2-3,8-13,24H2,1H3,(H2,25,34)(H,27,33)(H,28,36)(H,30,35)(H3,26,29,37). The highest BCUT2D eigenvalue weighted by Crippen LogP contribution is 2.11. The number of carbonyl (C=O) groups is 5. The maximum absolute atomic E-state index is 12.8. The molecule has 0 fully saturated rings. The molecule has 0 saturated carbocycles. The molecule has 0 aliphatic rings. The van der Waals surface area contributed by atoms with Crippen molar-refractivity contribution in [3.8, 4) is 0 Å². The fraction of sp³-hybridized carbons (Fsp3) is 0.522. The van der Waals surface area contributed by atoms with Gasteiger partial charge < -0.3 is 43.6 Å². The first-order valence-corrected chi connectivity index (χ1v) is 12.4. The Morgan fingerprint density at radius 3 is 2.13 bits per heavy atom. The Hall–Kier alpha value is -3.40. The fourth-order valence-corrected chi connectivity index (χ4v) is 3.58. The molecule has 0 saturated heterocycles. The maximum atomic E-state index is 12.8. The summed E-state index contributed by atoms with van der Waals surface area (Å²) in [5, 5.41) is 19.6. The third kappa shape index (κ3) is 12.7. The number of nitrogens with two attached hydrogens (primary N) is 3. The summed E-state index contributed by atoms with van der Waals surface area (Å²) in [6, 6.07) is 3.06. The van der Waals surface area contributed by atoms with Gasteiger partial charge in [-0.15, -0.1) is 0 Å². The Labute approximate surface area is 227 Å². The summed E-state index contributed by atoms with van der Waals surface area (Å²) in [6.07, 6.45) is 1.63. The van der Waals surface area contributed by atoms with Gasteiger partial charge in [0.25, 0.3) is 0 Å². The van der Waals surface area contributed by atoms with Gasteiger partial charge in [0.2, 0.25) is 23.6 Å². The van der Waals surface area contributed by atoms with Crippen LogP contribution in [0.15, 0.2) is 24.3 Å². The Morgan fingerprint density at radius 2 is 1.61 bits per heavy atom. The Bertz CT molecular complexity index is 946. The van der Waals surface area contributed by atoms with Crippen LogP contribution < -0.4 is 38.5 Å². The van der Waals surface area contributed by atoms with E-state index in [4.69, 9.17) is 22.3 Å². The highest BCUT2D eigenvalue weighted by atomic mass is 32.1. The maximum Gasteiger partial charge on any atom is 0.316 e. The number of aliphatic hydroxyl groups is 1. The minimum Gasteiger partial charge on any atom is -0.394 e. The molecule has 0 aromatic heterocycles. The van der Waals surface area contributed by atoms with E-state index in [1.54, 1.807) is 31.3 Å². The number of thiol groups is 1. The molecular formula is C23H38N8O6S. The van der Waals surface area contributed by atoms with Gasteiger partial charge >= 0.3 is 6.03 Å². The number of hydrogen-bond donors (Lipinski definition) is 9. The van der Waals surface area contributed by atoms with Crippen molar-refractivity contribution in [1.82, 2.24) is 20.3 Å². The molecule has 1 rings (SSSR count). The Kier molecular flexibility index (Phi) is 14.7. The van der Waals surface area contributed by atoms with Crippen molar-refractivity contribution >= 4 is 48.2 Å². The largest absolute Gasteiger partial charge is 0.394 e. The quantitative estimate of drug-likeness (QED) is 0.0765. The Morgan fingerprint density at radius 1 is 1.00 bits per heavy atom. The van der Waals surface area contributed by atoms with E-state index in [0.717, 1.165) is 0 Å². The van der Waals surface area contributed by atoms with Crippen LogP contribution in [0, 0.1) is 0 Å². The molecule has 15 heteroatoms. The van der Waals surface area contributed by atoms with Crippen molar-refractivity contribution in [2.45, 2.75) is 50.2 Å². The van der Waals surface area contributed by atoms with E-state index in [0.29, 0.717) is 37.2 Å². The summed E-state index contributed by atoms with van der Waals surface area (Å²) in [5.74, 6) is -1.91. The number of rotatable bonds is 17. The summed E-state index contributed by atoms with van der Waals surface area (Å²) >= 11 is 4.06. The molecule has 6 amide bonds. The summed E-state index contributed by atoms with van der Waals surface area (Å²) in [6.45, 7) is 0.0978. The number of urea groups is 1. The van der Waals surface area contributed by atoms with Gasteiger partial charge in [-0.3, -0.25) is 19.2 Å². The lowest BCUT2D eigenvalue weighted by Gasteiger charge is -2.20. The predicted molar refractivity (Wildman–Crippen MR) is 145 cm³/mol. The zero-order valence-corrected chi connectivity index (χ0v) is 22.2. The van der Waals surface area contributed by atoms with E-state index in [1.165, 1.54) is 4.31 Å². The second kappa shape index (κ2) is 17.2. The number of nitrogens with zero attached hydrogens (tertiary/aromatic N) is 1. The van der Waals surface area contributed by atoms with E-state index >= 15 is 0 Å². The number of carbonyl (C=O) groups excluding carboxylic acids is 5. The first-order chi connectivity index (χ1) is 17.9. The monoisotopic (exact) mass is 554 g/mol. The van der Waals surface area contributed by atoms with Crippen LogP contribution in [0.5, 0.6) is 0 Å². The van der Waals surface area contributed by atoms with Gasteiger partial charge in [0.1, 0.15) is 12.1 Å². The Balaban J connectivity index is 2.53. The fourth-order valence-electron chi connectivity index (χ4n) is 3.36. The van der Waals surface area contributed by atoms with Gasteiger partial charge in [-0.25, -0.2) is 9.10 Å². The number of unbranched alkanes of at least 4 members (excludes halogenated alkanes) is 1. The first kappa shape index (κ1) is 32.6. The number of primary amides is 2. The van der Waals surface area contributed by atoms with Crippen molar-refractivity contribution in [3.63, 3.8) is 0 Å². The number of benzene rings is 1. The zero-order valence-electron chi connectivity index (χ0n) is 21.3. The second-order valence-electron chi connectivity index (χ2n) is 8.62. The number of likely N-dealkylation sites (N-methyl/N-ethyl adjacent to an activating group) is 1. The third-order valence-corrected chi connectivity index (χ3v) is 5.76. The average molecular weight is 555 g/mol. The normalized spacial score (nSPS) is 13.2. The van der Waals surface area contributed by atoms with Gasteiger partial charge in [0.15, 0.2) is 0 Å². The van der Waals surface area contributed by atoms with Gasteiger partial charge in [-0.2, -0.15) is 0 Å². The van der Waals surface area contributed by atoms with Crippen LogP contribution in [0.25, 0.3) is 0 Å². The number of hydrogen-bond acceptors (Lipinski definition) is 9. The second-order valence-corrected chi connectivity index (χ2v) is 9.25. The molecule has 14 nitrogen and oxygen atoms in total. The summed E-state index contributed by atoms with van der Waals surface area (Å²) < 4.78 is 1.36. The van der Waals surface area contributed by atoms with Crippen LogP contribution >= 0.6 is 12.8 Å².